The molecule has 1 unspecified atom stereocenters. The van der Waals surface area contributed by atoms with Crippen molar-refractivity contribution in [3.05, 3.63) is 33.8 Å². The first-order chi connectivity index (χ1) is 5.11. The predicted molar refractivity (Wildman–Crippen MR) is 55.8 cm³/mol. The zero-order valence-electron chi connectivity index (χ0n) is 6.76. The third kappa shape index (κ3) is 2.35. The second kappa shape index (κ2) is 3.78. The van der Waals surface area contributed by atoms with E-state index in [1.54, 1.807) is 16.9 Å². The number of halogens is 1. The Hall–Kier alpha value is 0.258. The molecule has 2 atom stereocenters. The first kappa shape index (κ1) is 9.35. The Bertz CT molecular complexity index is 256. The maximum atomic E-state index is 3.45. The molecule has 0 nitrogen and oxygen atoms in total. The fourth-order valence-corrected chi connectivity index (χ4v) is 2.41. The van der Waals surface area contributed by atoms with Crippen LogP contribution in [0.25, 0.3) is 0 Å². The van der Waals surface area contributed by atoms with Crippen LogP contribution in [0.1, 0.15) is 22.8 Å². The number of hydrogen-bond donors (Lipinski definition) is 0. The summed E-state index contributed by atoms with van der Waals surface area (Å²) in [6, 6.07) is 6.48. The van der Waals surface area contributed by atoms with Crippen molar-refractivity contribution in [3.63, 3.8) is 0 Å². The van der Waals surface area contributed by atoms with Gasteiger partial charge in [-0.05, 0) is 0 Å². The van der Waals surface area contributed by atoms with E-state index in [9.17, 15) is 0 Å². The van der Waals surface area contributed by atoms with E-state index in [0.29, 0.717) is 4.71 Å². The Morgan fingerprint density at radius 2 is 2.09 bits per heavy atom. The van der Waals surface area contributed by atoms with Crippen LogP contribution in [-0.2, 0) is 0 Å². The Kier molecular flexibility index (Phi) is 3.21. The van der Waals surface area contributed by atoms with E-state index >= 15 is 0 Å². The molecule has 0 saturated carbocycles. The molecule has 0 spiro atoms. The van der Waals surface area contributed by atoms with Gasteiger partial charge < -0.3 is 0 Å². The molecule has 60 valence electrons. The first-order valence-corrected chi connectivity index (χ1v) is 5.82. The second-order valence-corrected chi connectivity index (χ2v) is 5.80. The molecular weight excluding hydrogens is 263 g/mol. The molecule has 0 aliphatic carbocycles. The van der Waals surface area contributed by atoms with Crippen LogP contribution in [0.4, 0.5) is 0 Å². The van der Waals surface area contributed by atoms with Gasteiger partial charge in [0.05, 0.1) is 0 Å². The zero-order chi connectivity index (χ0) is 8.43. The van der Waals surface area contributed by atoms with Crippen molar-refractivity contribution in [1.29, 1.82) is 0 Å². The number of benzene rings is 1. The second-order valence-electron chi connectivity index (χ2n) is 2.79. The van der Waals surface area contributed by atoms with E-state index in [2.05, 4.69) is 48.0 Å². The molecule has 0 aliphatic heterocycles. The minimum atomic E-state index is 0.690. The van der Waals surface area contributed by atoms with Gasteiger partial charge in [0.25, 0.3) is 0 Å². The Labute approximate surface area is 85.0 Å². The molecule has 11 heavy (non-hydrogen) atoms. The number of hydrogen-bond acceptors (Lipinski definition) is 0. The fourth-order valence-electron chi connectivity index (χ4n) is 1.15. The van der Waals surface area contributed by atoms with Crippen molar-refractivity contribution in [2.24, 2.45) is 0 Å². The molecule has 1 rings (SSSR count). The van der Waals surface area contributed by atoms with E-state index < -0.39 is 0 Å². The third-order valence-corrected chi connectivity index (χ3v) is 2.97. The Balaban J connectivity index is 3.09. The van der Waals surface area contributed by atoms with Crippen LogP contribution in [0.2, 0.25) is 0 Å². The summed E-state index contributed by atoms with van der Waals surface area (Å²) >= 11 is 5.23. The van der Waals surface area contributed by atoms with Gasteiger partial charge in [-0.1, -0.05) is 0 Å². The van der Waals surface area contributed by atoms with Gasteiger partial charge in [0, 0.05) is 0 Å². The average Bonchev–Trinajstić information content (AvgIpc) is 1.85. The molecule has 0 radical (unpaired) electrons. The van der Waals surface area contributed by atoms with E-state index in [1.165, 1.54) is 15.6 Å². The summed E-state index contributed by atoms with van der Waals surface area (Å²) in [4.78, 5) is 0. The molecule has 0 bridgehead atoms. The topological polar surface area (TPSA) is 0 Å². The summed E-state index contributed by atoms with van der Waals surface area (Å²) in [7, 11) is 0. The molecule has 0 heterocycles. The van der Waals surface area contributed by atoms with Gasteiger partial charge in [0.15, 0.2) is 0 Å². The SMILES string of the molecule is Cc1cc(Br)ccc1[C@H](C)[AsH2]. The van der Waals surface area contributed by atoms with Crippen LogP contribution in [0, 0.1) is 6.92 Å². The first-order valence-electron chi connectivity index (χ1n) is 3.63. The van der Waals surface area contributed by atoms with E-state index in [1.807, 2.05) is 0 Å². The Morgan fingerprint density at radius 3 is 2.55 bits per heavy atom. The van der Waals surface area contributed by atoms with Crippen LogP contribution < -0.4 is 0 Å². The molecule has 2 heteroatoms. The van der Waals surface area contributed by atoms with Crippen molar-refractivity contribution >= 4 is 32.8 Å². The van der Waals surface area contributed by atoms with Gasteiger partial charge in [-0.3, -0.25) is 0 Å². The van der Waals surface area contributed by atoms with Crippen molar-refractivity contribution < 1.29 is 0 Å². The van der Waals surface area contributed by atoms with Gasteiger partial charge in [0.1, 0.15) is 0 Å². The molecule has 0 amide bonds. The van der Waals surface area contributed by atoms with Crippen LogP contribution in [0.3, 0.4) is 0 Å². The van der Waals surface area contributed by atoms with Gasteiger partial charge in [0.2, 0.25) is 0 Å². The fraction of sp³-hybridized carbons (Fsp3) is 0.333. The van der Waals surface area contributed by atoms with E-state index in [-0.39, 0.29) is 0 Å². The molecule has 0 aromatic heterocycles. The number of rotatable bonds is 1. The summed E-state index contributed by atoms with van der Waals surface area (Å²) in [5.74, 6) is 0. The monoisotopic (exact) mass is 274 g/mol. The normalized spacial score (nSPS) is 13.1. The van der Waals surface area contributed by atoms with Crippen LogP contribution in [-0.4, -0.2) is 16.9 Å². The zero-order valence-corrected chi connectivity index (χ0v) is 10.8. The maximum absolute atomic E-state index is 3.45. The van der Waals surface area contributed by atoms with Crippen LogP contribution >= 0.6 is 15.9 Å². The Morgan fingerprint density at radius 1 is 1.45 bits per heavy atom. The average molecular weight is 275 g/mol. The standard InChI is InChI=1S/C9H12AsBr/c1-6-5-8(11)3-4-9(6)7(2)10/h3-5,7H,10H2,1-2H3/t7-/m0/s1. The molecule has 0 N–H and O–H groups in total. The molecule has 0 aliphatic rings. The molecular formula is C9H12AsBr. The van der Waals surface area contributed by atoms with E-state index in [4.69, 9.17) is 0 Å². The molecule has 0 saturated heterocycles. The summed E-state index contributed by atoms with van der Waals surface area (Å²) in [6.45, 7) is 4.41. The third-order valence-electron chi connectivity index (χ3n) is 1.72. The van der Waals surface area contributed by atoms with Crippen LogP contribution in [0.15, 0.2) is 22.7 Å². The quantitative estimate of drug-likeness (QED) is 0.691. The van der Waals surface area contributed by atoms with Crippen molar-refractivity contribution in [1.82, 2.24) is 0 Å². The van der Waals surface area contributed by atoms with Gasteiger partial charge in [-0.25, -0.2) is 0 Å². The van der Waals surface area contributed by atoms with Crippen LogP contribution in [0.5, 0.6) is 0 Å². The summed E-state index contributed by atoms with van der Waals surface area (Å²) < 4.78 is 1.86. The number of aryl methyl sites for hydroxylation is 1. The van der Waals surface area contributed by atoms with Gasteiger partial charge in [-0.15, -0.1) is 0 Å². The summed E-state index contributed by atoms with van der Waals surface area (Å²) in [5, 5.41) is 0. The minimum absolute atomic E-state index is 0.690. The van der Waals surface area contributed by atoms with E-state index in [0.717, 1.165) is 0 Å². The van der Waals surface area contributed by atoms with Gasteiger partial charge in [-0.2, -0.15) is 0 Å². The molecule has 0 fully saturated rings. The van der Waals surface area contributed by atoms with Gasteiger partial charge >= 0.3 is 85.1 Å². The predicted octanol–water partition coefficient (Wildman–Crippen LogP) is 2.45. The summed E-state index contributed by atoms with van der Waals surface area (Å²) in [6.07, 6.45) is 0. The van der Waals surface area contributed by atoms with Crippen molar-refractivity contribution in [3.8, 4) is 0 Å². The van der Waals surface area contributed by atoms with Crippen molar-refractivity contribution in [2.75, 3.05) is 0 Å². The molecule has 1 aromatic carbocycles. The molecule has 1 aromatic rings. The summed E-state index contributed by atoms with van der Waals surface area (Å²) in [5.41, 5.74) is 2.85. The van der Waals surface area contributed by atoms with Crippen molar-refractivity contribution in [2.45, 2.75) is 18.6 Å².